The van der Waals surface area contributed by atoms with Crippen molar-refractivity contribution in [3.05, 3.63) is 34.9 Å². The van der Waals surface area contributed by atoms with Crippen molar-refractivity contribution in [2.24, 2.45) is 0 Å². The van der Waals surface area contributed by atoms with Gasteiger partial charge in [0.25, 0.3) is 0 Å². The van der Waals surface area contributed by atoms with E-state index in [9.17, 15) is 0 Å². The van der Waals surface area contributed by atoms with Crippen LogP contribution in [0.1, 0.15) is 5.56 Å². The quantitative estimate of drug-likeness (QED) is 0.597. The van der Waals surface area contributed by atoms with E-state index in [-0.39, 0.29) is 0 Å². The summed E-state index contributed by atoms with van der Waals surface area (Å²) in [6, 6.07) is 8.02. The molecule has 0 bridgehead atoms. The summed E-state index contributed by atoms with van der Waals surface area (Å²) >= 11 is 7.00. The van der Waals surface area contributed by atoms with Gasteiger partial charge in [-0.25, -0.2) is 0 Å². The zero-order chi connectivity index (χ0) is 6.69. The maximum atomic E-state index is 5.68. The van der Waals surface area contributed by atoms with Crippen LogP contribution in [-0.2, 0) is 23.3 Å². The first-order chi connectivity index (χ1) is 4.33. The maximum absolute atomic E-state index is 5.68. The van der Waals surface area contributed by atoms with Gasteiger partial charge in [-0.1, -0.05) is 0 Å². The van der Waals surface area contributed by atoms with Gasteiger partial charge >= 0.3 is 69.8 Å². The first-order valence-corrected chi connectivity index (χ1v) is 5.34. The summed E-state index contributed by atoms with van der Waals surface area (Å²) in [6.07, 6.45) is 0. The van der Waals surface area contributed by atoms with Gasteiger partial charge in [-0.15, -0.1) is 0 Å². The molecular formula is C7H6ClZn. The van der Waals surface area contributed by atoms with Crippen molar-refractivity contribution < 1.29 is 18.3 Å². The van der Waals surface area contributed by atoms with E-state index in [2.05, 4.69) is 12.1 Å². The van der Waals surface area contributed by atoms with Crippen molar-refractivity contribution in [2.45, 2.75) is 5.02 Å². The van der Waals surface area contributed by atoms with Gasteiger partial charge in [0.05, 0.1) is 0 Å². The number of benzene rings is 1. The Morgan fingerprint density at radius 2 is 1.78 bits per heavy atom. The van der Waals surface area contributed by atoms with Crippen molar-refractivity contribution in [3.8, 4) is 0 Å². The third-order valence-corrected chi connectivity index (χ3v) is 2.67. The Morgan fingerprint density at radius 3 is 2.22 bits per heavy atom. The van der Waals surface area contributed by atoms with Crippen molar-refractivity contribution in [2.75, 3.05) is 0 Å². The van der Waals surface area contributed by atoms with Gasteiger partial charge in [0, 0.05) is 0 Å². The molecule has 0 aliphatic carbocycles. The number of hydrogen-bond acceptors (Lipinski definition) is 0. The monoisotopic (exact) mass is 189 g/mol. The van der Waals surface area contributed by atoms with Crippen molar-refractivity contribution in [1.82, 2.24) is 0 Å². The van der Waals surface area contributed by atoms with Crippen LogP contribution in [0.15, 0.2) is 24.3 Å². The van der Waals surface area contributed by atoms with Crippen LogP contribution >= 0.6 is 11.6 Å². The topological polar surface area (TPSA) is 0 Å². The molecule has 0 fully saturated rings. The molecule has 0 nitrogen and oxygen atoms in total. The van der Waals surface area contributed by atoms with Crippen LogP contribution in [-0.4, -0.2) is 0 Å². The van der Waals surface area contributed by atoms with E-state index in [4.69, 9.17) is 11.6 Å². The standard InChI is InChI=1S/C7H6Cl.Zn/c1-6-2-4-7(8)5-3-6;/h2-5H,1H2;. The molecule has 0 spiro atoms. The van der Waals surface area contributed by atoms with Crippen LogP contribution in [0.2, 0.25) is 5.02 Å². The predicted octanol–water partition coefficient (Wildman–Crippen LogP) is 2.39. The van der Waals surface area contributed by atoms with Crippen LogP contribution in [0, 0.1) is 0 Å². The fraction of sp³-hybridized carbons (Fsp3) is 0.143. The van der Waals surface area contributed by atoms with E-state index in [0.717, 1.165) is 5.02 Å². The van der Waals surface area contributed by atoms with Crippen LogP contribution < -0.4 is 0 Å². The molecule has 0 radical (unpaired) electrons. The Bertz CT molecular complexity index is 181. The van der Waals surface area contributed by atoms with E-state index in [1.807, 2.05) is 12.1 Å². The Kier molecular flexibility index (Phi) is 2.69. The second-order valence-electron chi connectivity index (χ2n) is 1.88. The molecule has 0 atom stereocenters. The molecule has 1 aromatic carbocycles. The van der Waals surface area contributed by atoms with Crippen LogP contribution in [0.5, 0.6) is 0 Å². The second-order valence-corrected chi connectivity index (χ2v) is 3.36. The average molecular weight is 191 g/mol. The van der Waals surface area contributed by atoms with E-state index < -0.39 is 0 Å². The summed E-state index contributed by atoms with van der Waals surface area (Å²) in [6.45, 7) is 0. The fourth-order valence-electron chi connectivity index (χ4n) is 0.651. The Hall–Kier alpha value is 0.133. The predicted molar refractivity (Wildman–Crippen MR) is 35.2 cm³/mol. The Morgan fingerprint density at radius 1 is 1.22 bits per heavy atom. The van der Waals surface area contributed by atoms with Gasteiger partial charge in [0.15, 0.2) is 0 Å². The van der Waals surface area contributed by atoms with Crippen LogP contribution in [0.4, 0.5) is 0 Å². The van der Waals surface area contributed by atoms with Crippen molar-refractivity contribution >= 4 is 11.6 Å². The zero-order valence-corrected chi connectivity index (χ0v) is 8.82. The summed E-state index contributed by atoms with van der Waals surface area (Å²) in [5.41, 5.74) is 1.39. The summed E-state index contributed by atoms with van der Waals surface area (Å²) in [4.78, 5) is 0. The molecule has 0 heterocycles. The molecule has 0 aliphatic heterocycles. The van der Waals surface area contributed by atoms with Gasteiger partial charge in [-0.05, 0) is 0 Å². The number of halogens is 1. The van der Waals surface area contributed by atoms with Gasteiger partial charge < -0.3 is 0 Å². The molecule has 9 heavy (non-hydrogen) atoms. The third-order valence-electron chi connectivity index (χ3n) is 1.20. The van der Waals surface area contributed by atoms with E-state index in [0.29, 0.717) is 0 Å². The summed E-state index contributed by atoms with van der Waals surface area (Å²) in [7, 11) is 0. The van der Waals surface area contributed by atoms with Crippen molar-refractivity contribution in [3.63, 3.8) is 0 Å². The van der Waals surface area contributed by atoms with Gasteiger partial charge in [0.1, 0.15) is 0 Å². The molecule has 0 N–H and O–H groups in total. The van der Waals surface area contributed by atoms with Crippen molar-refractivity contribution in [1.29, 1.82) is 0 Å². The molecule has 0 aromatic heterocycles. The van der Waals surface area contributed by atoms with Gasteiger partial charge in [0.2, 0.25) is 0 Å². The summed E-state index contributed by atoms with van der Waals surface area (Å²) < 4.78 is 0. The van der Waals surface area contributed by atoms with Gasteiger partial charge in [-0.3, -0.25) is 0 Å². The minimum absolute atomic E-state index is 0.826. The molecule has 0 aliphatic rings. The Balaban J connectivity index is 2.88. The first kappa shape index (κ1) is 7.24. The van der Waals surface area contributed by atoms with E-state index in [1.54, 1.807) is 0 Å². The van der Waals surface area contributed by atoms with E-state index in [1.165, 1.54) is 28.9 Å². The Labute approximate surface area is 69.9 Å². The first-order valence-electron chi connectivity index (χ1n) is 2.86. The molecule has 0 saturated heterocycles. The minimum atomic E-state index is 0.826. The number of rotatable bonds is 1. The number of hydrogen-bond donors (Lipinski definition) is 0. The molecule has 2 heteroatoms. The average Bonchev–Trinajstić information content (AvgIpc) is 1.90. The molecule has 0 unspecified atom stereocenters. The fourth-order valence-corrected chi connectivity index (χ4v) is 1.48. The zero-order valence-electron chi connectivity index (χ0n) is 5.10. The molecular weight excluding hydrogens is 185 g/mol. The van der Waals surface area contributed by atoms with E-state index >= 15 is 0 Å². The summed E-state index contributed by atoms with van der Waals surface area (Å²) in [5, 5.41) is 2.03. The molecule has 0 saturated carbocycles. The second kappa shape index (κ2) is 3.34. The molecule has 1 aromatic rings. The van der Waals surface area contributed by atoms with Crippen LogP contribution in [0.25, 0.3) is 0 Å². The van der Waals surface area contributed by atoms with Crippen LogP contribution in [0.3, 0.4) is 0 Å². The molecule has 1 rings (SSSR count). The summed E-state index contributed by atoms with van der Waals surface area (Å²) in [5.74, 6) is 0. The van der Waals surface area contributed by atoms with Gasteiger partial charge in [-0.2, -0.15) is 0 Å². The third kappa shape index (κ3) is 2.08. The SMILES string of the molecule is Clc1ccc([CH2][Zn])cc1. The molecule has 43 valence electrons. The normalized spacial score (nSPS) is 9.67. The molecule has 0 amide bonds.